The van der Waals surface area contributed by atoms with Crippen LogP contribution in [0, 0.1) is 0 Å². The Morgan fingerprint density at radius 2 is 2.44 bits per heavy atom. The largest absolute Gasteiger partial charge is 0.249 e. The highest BCUT2D eigenvalue weighted by atomic mass is 79.9. The summed E-state index contributed by atoms with van der Waals surface area (Å²) in [6.07, 6.45) is 1.75. The van der Waals surface area contributed by atoms with Crippen molar-refractivity contribution in [1.82, 2.24) is 4.98 Å². The Kier molecular flexibility index (Phi) is 2.54. The lowest BCUT2D eigenvalue weighted by atomic mass is 10.3. The number of nitrogens with zero attached hydrogens (tertiary/aromatic N) is 1. The van der Waals surface area contributed by atoms with Crippen molar-refractivity contribution in [3.63, 3.8) is 0 Å². The Hall–Kier alpha value is -0.0200. The third-order valence-electron chi connectivity index (χ3n) is 1.01. The van der Waals surface area contributed by atoms with Crippen LogP contribution in [-0.4, -0.2) is 4.98 Å². The minimum Gasteiger partial charge on any atom is -0.249 e. The van der Waals surface area contributed by atoms with E-state index in [1.165, 1.54) is 0 Å². The van der Waals surface area contributed by atoms with Crippen LogP contribution in [0.4, 0.5) is 0 Å². The van der Waals surface area contributed by atoms with E-state index >= 15 is 0 Å². The average Bonchev–Trinajstić information content (AvgIpc) is 1.89. The van der Waals surface area contributed by atoms with Crippen molar-refractivity contribution >= 4 is 28.6 Å². The first-order chi connectivity index (χ1) is 4.34. The highest BCUT2D eigenvalue weighted by Crippen LogP contribution is 2.13. The van der Waals surface area contributed by atoms with Crippen LogP contribution in [0.15, 0.2) is 22.9 Å². The maximum Gasteiger partial charge on any atom is 0.110 e. The molecule has 0 spiro atoms. The predicted molar refractivity (Wildman–Crippen MR) is 44.6 cm³/mol. The molecule has 0 fully saturated rings. The molecular weight excluding hydrogens is 198 g/mol. The fourth-order valence-electron chi connectivity index (χ4n) is 0.537. The van der Waals surface area contributed by atoms with Gasteiger partial charge in [0.05, 0.1) is 0 Å². The van der Waals surface area contributed by atoms with Crippen molar-refractivity contribution in [2.75, 3.05) is 0 Å². The number of pyridine rings is 1. The molecule has 0 aliphatic heterocycles. The molecule has 0 aliphatic carbocycles. The molecule has 0 radical (unpaired) electrons. The molecule has 0 bridgehead atoms. The minimum atomic E-state index is 0.731. The van der Waals surface area contributed by atoms with Crippen LogP contribution < -0.4 is 0 Å². The van der Waals surface area contributed by atoms with E-state index in [1.807, 2.05) is 12.1 Å². The van der Waals surface area contributed by atoms with E-state index in [0.717, 1.165) is 15.9 Å². The molecule has 1 rings (SSSR count). The van der Waals surface area contributed by atoms with Crippen molar-refractivity contribution in [3.8, 4) is 0 Å². The van der Waals surface area contributed by atoms with Crippen LogP contribution in [-0.2, 0) is 5.75 Å². The molecule has 3 heteroatoms. The maximum absolute atomic E-state index is 4.11. The van der Waals surface area contributed by atoms with Gasteiger partial charge in [-0.1, -0.05) is 6.07 Å². The maximum atomic E-state index is 4.11. The second-order valence-corrected chi connectivity index (χ2v) is 2.68. The van der Waals surface area contributed by atoms with Gasteiger partial charge >= 0.3 is 0 Å². The number of thiol groups is 1. The van der Waals surface area contributed by atoms with E-state index in [0.29, 0.717) is 0 Å². The SMILES string of the molecule is SCc1cccnc1Br. The lowest BCUT2D eigenvalue weighted by molar-refractivity contribution is 1.20. The Labute approximate surface area is 68.0 Å². The van der Waals surface area contributed by atoms with E-state index in [4.69, 9.17) is 0 Å². The van der Waals surface area contributed by atoms with E-state index in [9.17, 15) is 0 Å². The second-order valence-electron chi connectivity index (χ2n) is 1.61. The molecule has 0 aliphatic rings. The third-order valence-corrected chi connectivity index (χ3v) is 2.06. The van der Waals surface area contributed by atoms with Gasteiger partial charge in [0, 0.05) is 11.9 Å². The number of halogens is 1. The summed E-state index contributed by atoms with van der Waals surface area (Å²) < 4.78 is 0.889. The summed E-state index contributed by atoms with van der Waals surface area (Å²) in [4.78, 5) is 4.02. The summed E-state index contributed by atoms with van der Waals surface area (Å²) >= 11 is 7.41. The highest BCUT2D eigenvalue weighted by molar-refractivity contribution is 9.10. The van der Waals surface area contributed by atoms with Gasteiger partial charge in [-0.25, -0.2) is 4.98 Å². The highest BCUT2D eigenvalue weighted by Gasteiger charge is 1.93. The van der Waals surface area contributed by atoms with Crippen molar-refractivity contribution in [2.24, 2.45) is 0 Å². The molecule has 0 saturated carbocycles. The molecule has 1 aromatic rings. The summed E-state index contributed by atoms with van der Waals surface area (Å²) in [5, 5.41) is 0. The number of hydrogen-bond donors (Lipinski definition) is 1. The Morgan fingerprint density at radius 1 is 1.67 bits per heavy atom. The van der Waals surface area contributed by atoms with E-state index in [-0.39, 0.29) is 0 Å². The van der Waals surface area contributed by atoms with Crippen molar-refractivity contribution in [2.45, 2.75) is 5.75 Å². The van der Waals surface area contributed by atoms with Gasteiger partial charge < -0.3 is 0 Å². The summed E-state index contributed by atoms with van der Waals surface area (Å²) in [7, 11) is 0. The van der Waals surface area contributed by atoms with E-state index < -0.39 is 0 Å². The van der Waals surface area contributed by atoms with Gasteiger partial charge in [0.1, 0.15) is 4.60 Å². The first-order valence-corrected chi connectivity index (χ1v) is 3.97. The molecule has 0 N–H and O–H groups in total. The third kappa shape index (κ3) is 1.69. The lowest BCUT2D eigenvalue weighted by Gasteiger charge is -1.95. The summed E-state index contributed by atoms with van der Waals surface area (Å²) in [6.45, 7) is 0. The standard InChI is InChI=1S/C6H6BrNS/c7-6-5(4-9)2-1-3-8-6/h1-3,9H,4H2. The van der Waals surface area contributed by atoms with Crippen molar-refractivity contribution in [1.29, 1.82) is 0 Å². The fourth-order valence-corrected chi connectivity index (χ4v) is 1.40. The molecule has 0 saturated heterocycles. The number of hydrogen-bond acceptors (Lipinski definition) is 2. The Bertz CT molecular complexity index is 202. The zero-order chi connectivity index (χ0) is 6.69. The van der Waals surface area contributed by atoms with Gasteiger partial charge in [0.25, 0.3) is 0 Å². The molecule has 0 amide bonds. The van der Waals surface area contributed by atoms with Gasteiger partial charge in [-0.15, -0.1) is 0 Å². The molecule has 1 heterocycles. The monoisotopic (exact) mass is 203 g/mol. The van der Waals surface area contributed by atoms with Crippen molar-refractivity contribution < 1.29 is 0 Å². The second kappa shape index (κ2) is 3.22. The van der Waals surface area contributed by atoms with E-state index in [2.05, 4.69) is 33.5 Å². The minimum absolute atomic E-state index is 0.731. The van der Waals surface area contributed by atoms with Gasteiger partial charge in [-0.2, -0.15) is 12.6 Å². The summed E-state index contributed by atoms with van der Waals surface area (Å²) in [6, 6.07) is 3.89. The molecule has 0 aromatic carbocycles. The molecular formula is C6H6BrNS. The van der Waals surface area contributed by atoms with Crippen LogP contribution >= 0.6 is 28.6 Å². The Morgan fingerprint density at radius 3 is 2.89 bits per heavy atom. The molecule has 1 aromatic heterocycles. The lowest BCUT2D eigenvalue weighted by Crippen LogP contribution is -1.81. The number of rotatable bonds is 1. The van der Waals surface area contributed by atoms with Crippen LogP contribution in [0.3, 0.4) is 0 Å². The molecule has 48 valence electrons. The first-order valence-electron chi connectivity index (χ1n) is 2.55. The van der Waals surface area contributed by atoms with Crippen LogP contribution in [0.2, 0.25) is 0 Å². The smallest absolute Gasteiger partial charge is 0.110 e. The topological polar surface area (TPSA) is 12.9 Å². The van der Waals surface area contributed by atoms with Gasteiger partial charge in [-0.05, 0) is 27.6 Å². The van der Waals surface area contributed by atoms with Gasteiger partial charge in [0.15, 0.2) is 0 Å². The summed E-state index contributed by atoms with van der Waals surface area (Å²) in [5.41, 5.74) is 1.13. The first kappa shape index (κ1) is 7.09. The summed E-state index contributed by atoms with van der Waals surface area (Å²) in [5.74, 6) is 0.731. The molecule has 9 heavy (non-hydrogen) atoms. The zero-order valence-corrected chi connectivity index (χ0v) is 7.19. The van der Waals surface area contributed by atoms with Gasteiger partial charge in [0.2, 0.25) is 0 Å². The number of aromatic nitrogens is 1. The molecule has 1 nitrogen and oxygen atoms in total. The Balaban J connectivity index is 3.01. The van der Waals surface area contributed by atoms with Gasteiger partial charge in [-0.3, -0.25) is 0 Å². The molecule has 0 atom stereocenters. The fraction of sp³-hybridized carbons (Fsp3) is 0.167. The zero-order valence-electron chi connectivity index (χ0n) is 4.71. The quantitative estimate of drug-likeness (QED) is 0.546. The van der Waals surface area contributed by atoms with Crippen LogP contribution in [0.5, 0.6) is 0 Å². The van der Waals surface area contributed by atoms with Crippen LogP contribution in [0.25, 0.3) is 0 Å². The normalized spacial score (nSPS) is 9.56. The van der Waals surface area contributed by atoms with E-state index in [1.54, 1.807) is 6.20 Å². The van der Waals surface area contributed by atoms with Crippen LogP contribution in [0.1, 0.15) is 5.56 Å². The average molecular weight is 204 g/mol. The molecule has 0 unspecified atom stereocenters. The van der Waals surface area contributed by atoms with Crippen molar-refractivity contribution in [3.05, 3.63) is 28.5 Å². The predicted octanol–water partition coefficient (Wildman–Crippen LogP) is 2.27.